The smallest absolute Gasteiger partial charge is 0.349 e. The number of para-hydroxylation sites is 1. The second-order valence-corrected chi connectivity index (χ2v) is 6.18. The molecule has 0 bridgehead atoms. The number of hydrogen-bond acceptors (Lipinski definition) is 4. The molecule has 5 nitrogen and oxygen atoms in total. The Kier molecular flexibility index (Phi) is 5.28. The van der Waals surface area contributed by atoms with Gasteiger partial charge in [0.05, 0.1) is 10.7 Å². The maximum Gasteiger partial charge on any atom is 0.349 e. The standard InChI is InChI=1S/C20H19ClN2O3/c1-3-23(4-2)14-10-9-13-11-15(20(25)26-18(13)12-14)19(24)22-17-8-6-5-7-16(17)21/h5-12H,3-4H2,1-2H3,(H,22,24). The first-order valence-corrected chi connectivity index (χ1v) is 8.80. The number of halogens is 1. The minimum atomic E-state index is -0.682. The summed E-state index contributed by atoms with van der Waals surface area (Å²) in [6.07, 6.45) is 0. The van der Waals surface area contributed by atoms with Crippen LogP contribution in [0.2, 0.25) is 5.02 Å². The fourth-order valence-electron chi connectivity index (χ4n) is 2.80. The Morgan fingerprint density at radius 1 is 1.12 bits per heavy atom. The molecule has 1 N–H and O–H groups in total. The molecule has 6 heteroatoms. The quantitative estimate of drug-likeness (QED) is 0.669. The van der Waals surface area contributed by atoms with E-state index in [0.29, 0.717) is 21.7 Å². The molecule has 0 aliphatic carbocycles. The number of amides is 1. The van der Waals surface area contributed by atoms with Crippen molar-refractivity contribution in [2.75, 3.05) is 23.3 Å². The van der Waals surface area contributed by atoms with Gasteiger partial charge < -0.3 is 14.6 Å². The van der Waals surface area contributed by atoms with Gasteiger partial charge in [-0.3, -0.25) is 4.79 Å². The van der Waals surface area contributed by atoms with Crippen molar-refractivity contribution >= 4 is 39.9 Å². The van der Waals surface area contributed by atoms with E-state index >= 15 is 0 Å². The summed E-state index contributed by atoms with van der Waals surface area (Å²) in [5.74, 6) is -0.554. The molecule has 0 saturated heterocycles. The van der Waals surface area contributed by atoms with E-state index < -0.39 is 11.5 Å². The van der Waals surface area contributed by atoms with Gasteiger partial charge in [0.2, 0.25) is 0 Å². The van der Waals surface area contributed by atoms with Crippen LogP contribution in [0, 0.1) is 0 Å². The lowest BCUT2D eigenvalue weighted by molar-refractivity contribution is 0.102. The van der Waals surface area contributed by atoms with Gasteiger partial charge in [-0.25, -0.2) is 4.79 Å². The van der Waals surface area contributed by atoms with E-state index in [2.05, 4.69) is 24.1 Å². The Morgan fingerprint density at radius 2 is 1.85 bits per heavy atom. The minimum Gasteiger partial charge on any atom is -0.422 e. The fourth-order valence-corrected chi connectivity index (χ4v) is 2.98. The Morgan fingerprint density at radius 3 is 2.54 bits per heavy atom. The van der Waals surface area contributed by atoms with E-state index in [-0.39, 0.29) is 5.56 Å². The van der Waals surface area contributed by atoms with Crippen LogP contribution in [0.1, 0.15) is 24.2 Å². The normalized spacial score (nSPS) is 10.7. The molecule has 0 unspecified atom stereocenters. The Labute approximate surface area is 156 Å². The second kappa shape index (κ2) is 7.62. The van der Waals surface area contributed by atoms with Crippen LogP contribution in [0.15, 0.2) is 57.7 Å². The molecule has 0 saturated carbocycles. The number of carbonyl (C=O) groups is 1. The average molecular weight is 371 g/mol. The highest BCUT2D eigenvalue weighted by Crippen LogP contribution is 2.23. The van der Waals surface area contributed by atoms with Crippen molar-refractivity contribution in [2.45, 2.75) is 13.8 Å². The van der Waals surface area contributed by atoms with Crippen molar-refractivity contribution in [3.8, 4) is 0 Å². The highest BCUT2D eigenvalue weighted by Gasteiger charge is 2.15. The molecule has 0 radical (unpaired) electrons. The molecule has 1 heterocycles. The first-order chi connectivity index (χ1) is 12.5. The summed E-state index contributed by atoms with van der Waals surface area (Å²) in [6, 6.07) is 14.0. The summed E-state index contributed by atoms with van der Waals surface area (Å²) < 4.78 is 5.39. The van der Waals surface area contributed by atoms with Crippen LogP contribution < -0.4 is 15.8 Å². The molecule has 0 fully saturated rings. The van der Waals surface area contributed by atoms with E-state index in [1.165, 1.54) is 0 Å². The molecule has 0 aliphatic heterocycles. The molecule has 0 atom stereocenters. The monoisotopic (exact) mass is 370 g/mol. The van der Waals surface area contributed by atoms with Crippen molar-refractivity contribution < 1.29 is 9.21 Å². The molecule has 1 amide bonds. The summed E-state index contributed by atoms with van der Waals surface area (Å²) >= 11 is 6.04. The highest BCUT2D eigenvalue weighted by atomic mass is 35.5. The number of hydrogen-bond donors (Lipinski definition) is 1. The SMILES string of the molecule is CCN(CC)c1ccc2cc(C(=O)Nc3ccccc3Cl)c(=O)oc2c1. The van der Waals surface area contributed by atoms with Gasteiger partial charge in [-0.2, -0.15) is 0 Å². The van der Waals surface area contributed by atoms with Crippen molar-refractivity contribution in [1.29, 1.82) is 0 Å². The summed E-state index contributed by atoms with van der Waals surface area (Å²) in [5, 5.41) is 3.72. The summed E-state index contributed by atoms with van der Waals surface area (Å²) in [4.78, 5) is 26.9. The molecular formula is C20H19ClN2O3. The molecule has 0 spiro atoms. The van der Waals surface area contributed by atoms with Crippen LogP contribution >= 0.6 is 11.6 Å². The summed E-state index contributed by atoms with van der Waals surface area (Å²) in [6.45, 7) is 5.83. The lowest BCUT2D eigenvalue weighted by atomic mass is 10.1. The highest BCUT2D eigenvalue weighted by molar-refractivity contribution is 6.33. The Hall–Kier alpha value is -2.79. The molecule has 1 aromatic heterocycles. The molecular weight excluding hydrogens is 352 g/mol. The molecule has 3 rings (SSSR count). The predicted molar refractivity (Wildman–Crippen MR) is 105 cm³/mol. The number of nitrogens with one attached hydrogen (secondary N) is 1. The minimum absolute atomic E-state index is 0.0620. The number of benzene rings is 2. The Balaban J connectivity index is 1.96. The first kappa shape index (κ1) is 18.0. The summed E-state index contributed by atoms with van der Waals surface area (Å²) in [5.41, 5.74) is 1.12. The molecule has 26 heavy (non-hydrogen) atoms. The fraction of sp³-hybridized carbons (Fsp3) is 0.200. The summed E-state index contributed by atoms with van der Waals surface area (Å²) in [7, 11) is 0. The van der Waals surface area contributed by atoms with E-state index in [4.69, 9.17) is 16.0 Å². The van der Waals surface area contributed by atoms with Crippen LogP contribution in [0.25, 0.3) is 11.0 Å². The van der Waals surface area contributed by atoms with Crippen molar-refractivity contribution in [3.63, 3.8) is 0 Å². The lowest BCUT2D eigenvalue weighted by Crippen LogP contribution is -2.22. The topological polar surface area (TPSA) is 62.6 Å². The molecule has 3 aromatic rings. The van der Waals surface area contributed by atoms with Gasteiger partial charge in [-0.05, 0) is 44.2 Å². The van der Waals surface area contributed by atoms with Crippen LogP contribution in [0.4, 0.5) is 11.4 Å². The second-order valence-electron chi connectivity index (χ2n) is 5.78. The maximum absolute atomic E-state index is 12.5. The largest absolute Gasteiger partial charge is 0.422 e. The van der Waals surface area contributed by atoms with Gasteiger partial charge in [0.25, 0.3) is 5.91 Å². The van der Waals surface area contributed by atoms with E-state index in [0.717, 1.165) is 18.8 Å². The van der Waals surface area contributed by atoms with Gasteiger partial charge in [0.15, 0.2) is 0 Å². The predicted octanol–water partition coefficient (Wildman–Crippen LogP) is 4.54. The van der Waals surface area contributed by atoms with Crippen LogP contribution in [-0.4, -0.2) is 19.0 Å². The van der Waals surface area contributed by atoms with Crippen molar-refractivity contribution in [2.24, 2.45) is 0 Å². The third-order valence-corrected chi connectivity index (χ3v) is 4.54. The average Bonchev–Trinajstić information content (AvgIpc) is 2.64. The van der Waals surface area contributed by atoms with Crippen LogP contribution in [-0.2, 0) is 0 Å². The zero-order valence-corrected chi connectivity index (χ0v) is 15.3. The van der Waals surface area contributed by atoms with E-state index in [1.54, 1.807) is 30.3 Å². The molecule has 2 aromatic carbocycles. The van der Waals surface area contributed by atoms with E-state index in [9.17, 15) is 9.59 Å². The van der Waals surface area contributed by atoms with Gasteiger partial charge in [0.1, 0.15) is 11.1 Å². The van der Waals surface area contributed by atoms with Gasteiger partial charge >= 0.3 is 5.63 Å². The Bertz CT molecular complexity index is 1010. The van der Waals surface area contributed by atoms with Gasteiger partial charge in [0, 0.05) is 30.2 Å². The van der Waals surface area contributed by atoms with Gasteiger partial charge in [-0.1, -0.05) is 23.7 Å². The third kappa shape index (κ3) is 3.58. The number of rotatable bonds is 5. The third-order valence-electron chi connectivity index (χ3n) is 4.21. The molecule has 134 valence electrons. The number of anilines is 2. The van der Waals surface area contributed by atoms with Crippen LogP contribution in [0.3, 0.4) is 0 Å². The maximum atomic E-state index is 12.5. The first-order valence-electron chi connectivity index (χ1n) is 8.42. The number of carbonyl (C=O) groups excluding carboxylic acids is 1. The zero-order chi connectivity index (χ0) is 18.7. The lowest BCUT2D eigenvalue weighted by Gasteiger charge is -2.21. The van der Waals surface area contributed by atoms with E-state index in [1.807, 2.05) is 18.2 Å². The number of nitrogens with zero attached hydrogens (tertiary/aromatic N) is 1. The number of fused-ring (bicyclic) bond motifs is 1. The van der Waals surface area contributed by atoms with Gasteiger partial charge in [-0.15, -0.1) is 0 Å². The molecule has 0 aliphatic rings. The zero-order valence-electron chi connectivity index (χ0n) is 14.6. The van der Waals surface area contributed by atoms with Crippen molar-refractivity contribution in [1.82, 2.24) is 0 Å². The van der Waals surface area contributed by atoms with Crippen LogP contribution in [0.5, 0.6) is 0 Å². The van der Waals surface area contributed by atoms with Crippen molar-refractivity contribution in [3.05, 3.63) is 69.5 Å².